The van der Waals surface area contributed by atoms with Crippen molar-refractivity contribution < 1.29 is 10.4 Å². The lowest BCUT2D eigenvalue weighted by atomic mass is 10.2. The van der Waals surface area contributed by atoms with Gasteiger partial charge in [-0.1, -0.05) is 0 Å². The second kappa shape index (κ2) is 6.71. The lowest BCUT2D eigenvalue weighted by Gasteiger charge is -2.07. The number of nitrogens with two attached hydrogens (primary N) is 1. The van der Waals surface area contributed by atoms with Gasteiger partial charge in [0.1, 0.15) is 6.07 Å². The molecule has 0 aromatic carbocycles. The summed E-state index contributed by atoms with van der Waals surface area (Å²) < 4.78 is 0. The second-order valence-electron chi connectivity index (χ2n) is 4.06. The monoisotopic (exact) mass is 235 g/mol. The van der Waals surface area contributed by atoms with E-state index in [9.17, 15) is 9.90 Å². The van der Waals surface area contributed by atoms with Gasteiger partial charge >= 0.3 is 0 Å². The molecule has 1 aliphatic rings. The number of quaternary nitrogens is 1. The van der Waals surface area contributed by atoms with Gasteiger partial charge in [-0.15, -0.1) is 0 Å². The molecule has 3 N–H and O–H groups in total. The van der Waals surface area contributed by atoms with E-state index in [0.717, 1.165) is 0 Å². The van der Waals surface area contributed by atoms with E-state index in [-0.39, 0.29) is 5.56 Å². The summed E-state index contributed by atoms with van der Waals surface area (Å²) in [5.74, 6) is -0.613. The van der Waals surface area contributed by atoms with Crippen LogP contribution in [0.15, 0.2) is 10.9 Å². The molecular weight excluding hydrogens is 218 g/mol. The third kappa shape index (κ3) is 4.29. The molecule has 2 rings (SSSR count). The number of pyridine rings is 1. The van der Waals surface area contributed by atoms with E-state index in [1.54, 1.807) is 13.0 Å². The van der Waals surface area contributed by atoms with Gasteiger partial charge < -0.3 is 15.4 Å². The minimum Gasteiger partial charge on any atom is -0.859 e. The second-order valence-corrected chi connectivity index (χ2v) is 4.06. The van der Waals surface area contributed by atoms with E-state index in [1.165, 1.54) is 38.4 Å². The van der Waals surface area contributed by atoms with Crippen molar-refractivity contribution in [2.75, 3.05) is 13.1 Å². The zero-order valence-corrected chi connectivity index (χ0v) is 9.95. The van der Waals surface area contributed by atoms with Crippen molar-refractivity contribution >= 4 is 0 Å². The van der Waals surface area contributed by atoms with Gasteiger partial charge in [-0.2, -0.15) is 5.26 Å². The van der Waals surface area contributed by atoms with E-state index in [1.807, 2.05) is 4.98 Å². The van der Waals surface area contributed by atoms with Crippen molar-refractivity contribution in [3.63, 3.8) is 0 Å². The Bertz CT molecular complexity index is 418. The number of rotatable bonds is 0. The van der Waals surface area contributed by atoms with E-state index < -0.39 is 11.4 Å². The Morgan fingerprint density at radius 3 is 2.41 bits per heavy atom. The molecule has 5 heteroatoms. The maximum Gasteiger partial charge on any atom is 0.247 e. The summed E-state index contributed by atoms with van der Waals surface area (Å²) in [5, 5.41) is 21.6. The van der Waals surface area contributed by atoms with Crippen LogP contribution in [-0.4, -0.2) is 18.1 Å². The maximum absolute atomic E-state index is 10.8. The molecule has 0 saturated carbocycles. The Kier molecular flexibility index (Phi) is 5.24. The normalized spacial score (nSPS) is 14.4. The first-order valence-corrected chi connectivity index (χ1v) is 5.78. The van der Waals surface area contributed by atoms with Crippen molar-refractivity contribution in [2.45, 2.75) is 26.2 Å². The summed E-state index contributed by atoms with van der Waals surface area (Å²) >= 11 is 0. The maximum atomic E-state index is 10.8. The molecule has 2 heterocycles. The Morgan fingerprint density at radius 1 is 1.41 bits per heavy atom. The van der Waals surface area contributed by atoms with Crippen molar-refractivity contribution in [1.82, 2.24) is 4.98 Å². The number of H-pyrrole nitrogens is 1. The first kappa shape index (κ1) is 13.3. The zero-order chi connectivity index (χ0) is 12.7. The average molecular weight is 235 g/mol. The number of hydrogen-bond donors (Lipinski definition) is 2. The fourth-order valence-electron chi connectivity index (χ4n) is 1.70. The van der Waals surface area contributed by atoms with Gasteiger partial charge in [0.2, 0.25) is 5.56 Å². The lowest BCUT2D eigenvalue weighted by molar-refractivity contribution is -0.662. The number of aromatic nitrogens is 1. The number of aryl methyl sites for hydroxylation is 1. The SMILES string of the molecule is C1CC[NH2+]CC1.Cc1cc(=O)[nH]c([O-])c1C#N. The molecule has 92 valence electrons. The van der Waals surface area contributed by atoms with Crippen molar-refractivity contribution in [2.24, 2.45) is 0 Å². The van der Waals surface area contributed by atoms with Gasteiger partial charge in [0.15, 0.2) is 0 Å². The summed E-state index contributed by atoms with van der Waals surface area (Å²) in [4.78, 5) is 12.6. The van der Waals surface area contributed by atoms with E-state index in [4.69, 9.17) is 5.26 Å². The van der Waals surface area contributed by atoms with Crippen LogP contribution < -0.4 is 16.0 Å². The van der Waals surface area contributed by atoms with Gasteiger partial charge in [-0.3, -0.25) is 4.79 Å². The molecule has 1 aliphatic heterocycles. The van der Waals surface area contributed by atoms with Crippen LogP contribution in [0.5, 0.6) is 5.88 Å². The van der Waals surface area contributed by atoms with Crippen LogP contribution in [0.25, 0.3) is 0 Å². The summed E-state index contributed by atoms with van der Waals surface area (Å²) in [5.41, 5.74) is -0.0441. The van der Waals surface area contributed by atoms with E-state index in [2.05, 4.69) is 5.32 Å². The summed E-state index contributed by atoms with van der Waals surface area (Å²) in [6, 6.07) is 2.93. The van der Waals surface area contributed by atoms with Crippen LogP contribution in [0, 0.1) is 18.3 Å². The summed E-state index contributed by atoms with van der Waals surface area (Å²) in [6.07, 6.45) is 4.36. The van der Waals surface area contributed by atoms with Crippen molar-refractivity contribution in [3.05, 3.63) is 27.5 Å². The average Bonchev–Trinajstić information content (AvgIpc) is 2.31. The minimum absolute atomic E-state index is 0.00426. The molecule has 0 spiro atoms. The molecule has 0 unspecified atom stereocenters. The quantitative estimate of drug-likeness (QED) is 0.626. The van der Waals surface area contributed by atoms with Crippen LogP contribution in [-0.2, 0) is 0 Å². The minimum atomic E-state index is -0.613. The van der Waals surface area contributed by atoms with Crippen molar-refractivity contribution in [1.29, 1.82) is 5.26 Å². The van der Waals surface area contributed by atoms with Gasteiger partial charge in [-0.05, 0) is 37.6 Å². The Balaban J connectivity index is 0.000000202. The predicted octanol–water partition coefficient (Wildman–Crippen LogP) is -0.638. The van der Waals surface area contributed by atoms with Gasteiger partial charge in [0, 0.05) is 6.07 Å². The van der Waals surface area contributed by atoms with Crippen LogP contribution in [0.2, 0.25) is 0 Å². The molecule has 1 aromatic heterocycles. The highest BCUT2D eigenvalue weighted by Gasteiger charge is 1.98. The fraction of sp³-hybridized carbons (Fsp3) is 0.500. The highest BCUT2D eigenvalue weighted by atomic mass is 16.3. The van der Waals surface area contributed by atoms with Crippen LogP contribution in [0.1, 0.15) is 30.4 Å². The highest BCUT2D eigenvalue weighted by Crippen LogP contribution is 2.09. The number of nitrogens with one attached hydrogen (secondary N) is 1. The number of hydrogen-bond acceptors (Lipinski definition) is 3. The van der Waals surface area contributed by atoms with Gasteiger partial charge in [-0.25, -0.2) is 0 Å². The van der Waals surface area contributed by atoms with E-state index >= 15 is 0 Å². The largest absolute Gasteiger partial charge is 0.859 e. The molecule has 1 aromatic rings. The first-order chi connectivity index (χ1) is 8.15. The number of nitrogens with zero attached hydrogens (tertiary/aromatic N) is 1. The number of aromatic amines is 1. The molecule has 1 fully saturated rings. The molecule has 0 atom stereocenters. The lowest BCUT2D eigenvalue weighted by Crippen LogP contribution is -2.85. The smallest absolute Gasteiger partial charge is 0.247 e. The number of nitriles is 1. The summed E-state index contributed by atoms with van der Waals surface area (Å²) in [7, 11) is 0. The third-order valence-corrected chi connectivity index (χ3v) is 2.63. The highest BCUT2D eigenvalue weighted by molar-refractivity contribution is 5.41. The summed E-state index contributed by atoms with van der Waals surface area (Å²) in [6.45, 7) is 4.30. The van der Waals surface area contributed by atoms with Gasteiger partial charge in [0.25, 0.3) is 0 Å². The zero-order valence-electron chi connectivity index (χ0n) is 9.95. The molecule has 0 bridgehead atoms. The fourth-order valence-corrected chi connectivity index (χ4v) is 1.70. The molecule has 5 nitrogen and oxygen atoms in total. The topological polar surface area (TPSA) is 96.3 Å². The molecule has 0 amide bonds. The van der Waals surface area contributed by atoms with Gasteiger partial charge in [0.05, 0.1) is 18.7 Å². The molecule has 17 heavy (non-hydrogen) atoms. The molecular formula is C12H17N3O2. The third-order valence-electron chi connectivity index (χ3n) is 2.63. The first-order valence-electron chi connectivity index (χ1n) is 5.78. The Labute approximate surface area is 100 Å². The van der Waals surface area contributed by atoms with Crippen molar-refractivity contribution in [3.8, 4) is 11.9 Å². The van der Waals surface area contributed by atoms with Crippen LogP contribution >= 0.6 is 0 Å². The predicted molar refractivity (Wildman–Crippen MR) is 61.5 cm³/mol. The molecule has 1 saturated heterocycles. The Morgan fingerprint density at radius 2 is 2.06 bits per heavy atom. The van der Waals surface area contributed by atoms with Crippen LogP contribution in [0.4, 0.5) is 0 Å². The number of piperidine rings is 1. The molecule has 0 aliphatic carbocycles. The van der Waals surface area contributed by atoms with E-state index in [0.29, 0.717) is 5.56 Å². The van der Waals surface area contributed by atoms with Crippen LogP contribution in [0.3, 0.4) is 0 Å². The molecule has 0 radical (unpaired) electrons. The standard InChI is InChI=1S/C7H6N2O2.C5H11N/c1-4-2-6(10)9-7(11)5(4)3-8;1-2-4-6-5-3-1/h2H,1H3,(H2,9,10,11);6H,1-5H2. The Hall–Kier alpha value is -1.80.